The van der Waals surface area contributed by atoms with E-state index in [0.29, 0.717) is 12.0 Å². The van der Waals surface area contributed by atoms with E-state index in [-0.39, 0.29) is 11.9 Å². The Morgan fingerprint density at radius 3 is 2.27 bits per heavy atom. The van der Waals surface area contributed by atoms with Gasteiger partial charge < -0.3 is 9.84 Å². The van der Waals surface area contributed by atoms with Gasteiger partial charge in [-0.15, -0.1) is 12.8 Å². The van der Waals surface area contributed by atoms with Crippen LogP contribution in [0, 0.1) is 24.6 Å². The van der Waals surface area contributed by atoms with Crippen LogP contribution in [-0.4, -0.2) is 18.3 Å². The molecule has 3 atom stereocenters. The Labute approximate surface area is 157 Å². The van der Waals surface area contributed by atoms with E-state index in [2.05, 4.69) is 51.0 Å². The summed E-state index contributed by atoms with van der Waals surface area (Å²) in [6.45, 7) is 4.46. The highest BCUT2D eigenvalue weighted by Crippen LogP contribution is 2.34. The van der Waals surface area contributed by atoms with Crippen LogP contribution in [0.1, 0.15) is 49.5 Å². The third kappa shape index (κ3) is 6.63. The Bertz CT molecular complexity index is 653. The van der Waals surface area contributed by atoms with Gasteiger partial charge in [-0.2, -0.15) is 0 Å². The molecule has 2 nitrogen and oxygen atoms in total. The van der Waals surface area contributed by atoms with E-state index in [1.54, 1.807) is 0 Å². The maximum absolute atomic E-state index is 13.0. The maximum Gasteiger partial charge on any atom is 0.123 e. The molecule has 1 saturated heterocycles. The van der Waals surface area contributed by atoms with E-state index >= 15 is 0 Å². The first-order chi connectivity index (χ1) is 12.6. The number of hydrogen-bond donors (Lipinski definition) is 1. The molecule has 3 rings (SSSR count). The molecular weight excluding hydrogens is 327 g/mol. The first-order valence-corrected chi connectivity index (χ1v) is 8.87. The van der Waals surface area contributed by atoms with Gasteiger partial charge in [0.05, 0.1) is 12.2 Å². The highest BCUT2D eigenvalue weighted by Gasteiger charge is 2.25. The molecule has 0 aliphatic carbocycles. The molecule has 0 bridgehead atoms. The molecule has 140 valence electrons. The van der Waals surface area contributed by atoms with E-state index in [1.807, 2.05) is 12.1 Å². The molecule has 1 N–H and O–H groups in total. The number of ether oxygens (including phenoxy) is 1. The molecule has 0 amide bonds. The van der Waals surface area contributed by atoms with Crippen molar-refractivity contribution in [2.45, 2.75) is 45.3 Å². The second-order valence-corrected chi connectivity index (χ2v) is 6.56. The highest BCUT2D eigenvalue weighted by molar-refractivity contribution is 5.31. The Hall–Kier alpha value is -2.15. The number of halogens is 1. The molecule has 1 fully saturated rings. The average Bonchev–Trinajstić information content (AvgIpc) is 2.66. The van der Waals surface area contributed by atoms with Gasteiger partial charge in [0.2, 0.25) is 0 Å². The zero-order chi connectivity index (χ0) is 19.5. The van der Waals surface area contributed by atoms with Gasteiger partial charge in [-0.05, 0) is 60.9 Å². The summed E-state index contributed by atoms with van der Waals surface area (Å²) in [7, 11) is 1.00. The van der Waals surface area contributed by atoms with Gasteiger partial charge in [0, 0.05) is 7.11 Å². The Kier molecular flexibility index (Phi) is 9.65. The molecule has 3 heteroatoms. The molecule has 0 aromatic heterocycles. The van der Waals surface area contributed by atoms with E-state index < -0.39 is 0 Å². The van der Waals surface area contributed by atoms with E-state index in [9.17, 15) is 4.39 Å². The summed E-state index contributed by atoms with van der Waals surface area (Å²) in [4.78, 5) is 0. The first kappa shape index (κ1) is 21.9. The molecule has 0 radical (unpaired) electrons. The summed E-state index contributed by atoms with van der Waals surface area (Å²) in [6, 6.07) is 15.4. The normalized spacial score (nSPS) is 21.6. The van der Waals surface area contributed by atoms with Gasteiger partial charge in [0.1, 0.15) is 5.82 Å². The summed E-state index contributed by atoms with van der Waals surface area (Å²) >= 11 is 0. The summed E-state index contributed by atoms with van der Waals surface area (Å²) in [6.07, 6.45) is 11.6. The van der Waals surface area contributed by atoms with Crippen LogP contribution >= 0.6 is 0 Å². The SMILES string of the molecule is C#C.CO.C[C@H]1C[C@@H](C)O[C@@H](c2cccc(Cc3ccc(F)cc3)c2)C1. The van der Waals surface area contributed by atoms with Gasteiger partial charge in [0.15, 0.2) is 0 Å². The van der Waals surface area contributed by atoms with Gasteiger partial charge in [0.25, 0.3) is 0 Å². The molecule has 1 heterocycles. The van der Waals surface area contributed by atoms with Crippen molar-refractivity contribution in [1.82, 2.24) is 0 Å². The number of aliphatic hydroxyl groups is 1. The zero-order valence-electron chi connectivity index (χ0n) is 15.9. The van der Waals surface area contributed by atoms with Crippen molar-refractivity contribution in [3.05, 3.63) is 71.0 Å². The van der Waals surface area contributed by atoms with Gasteiger partial charge in [-0.3, -0.25) is 0 Å². The minimum absolute atomic E-state index is 0.184. The molecule has 0 saturated carbocycles. The minimum Gasteiger partial charge on any atom is -0.400 e. The molecule has 1 aliphatic rings. The second kappa shape index (κ2) is 11.5. The lowest BCUT2D eigenvalue weighted by Gasteiger charge is -2.32. The number of aliphatic hydroxyl groups excluding tert-OH is 1. The molecule has 2 aromatic carbocycles. The lowest BCUT2D eigenvalue weighted by Crippen LogP contribution is -2.24. The lowest BCUT2D eigenvalue weighted by molar-refractivity contribution is -0.0604. The number of rotatable bonds is 3. The van der Waals surface area contributed by atoms with Crippen molar-refractivity contribution in [2.75, 3.05) is 7.11 Å². The van der Waals surface area contributed by atoms with Gasteiger partial charge >= 0.3 is 0 Å². The number of terminal acetylenes is 1. The number of hydrogen-bond acceptors (Lipinski definition) is 2. The first-order valence-electron chi connectivity index (χ1n) is 8.87. The lowest BCUT2D eigenvalue weighted by atomic mass is 9.89. The van der Waals surface area contributed by atoms with Crippen LogP contribution in [-0.2, 0) is 11.2 Å². The van der Waals surface area contributed by atoms with Crippen molar-refractivity contribution < 1.29 is 14.2 Å². The molecule has 1 aliphatic heterocycles. The minimum atomic E-state index is -0.184. The topological polar surface area (TPSA) is 29.5 Å². The van der Waals surface area contributed by atoms with Gasteiger partial charge in [-0.1, -0.05) is 43.3 Å². The summed E-state index contributed by atoms with van der Waals surface area (Å²) in [5, 5.41) is 7.00. The van der Waals surface area contributed by atoms with E-state index in [4.69, 9.17) is 9.84 Å². The standard InChI is InChI=1S/C20H23FO.C2H2.CH4O/c1-14-10-15(2)22-20(11-14)18-5-3-4-17(13-18)12-16-6-8-19(21)9-7-16;2*1-2/h3-9,13-15,20H,10-12H2,1-2H3;1-2H;2H,1H3/t14-,15+,20+;;/m0../s1. The number of benzene rings is 2. The Balaban J connectivity index is 0.000000791. The van der Waals surface area contributed by atoms with Gasteiger partial charge in [-0.25, -0.2) is 4.39 Å². The maximum atomic E-state index is 13.0. The predicted molar refractivity (Wildman–Crippen MR) is 105 cm³/mol. The van der Waals surface area contributed by atoms with Crippen molar-refractivity contribution in [3.8, 4) is 12.8 Å². The average molecular weight is 356 g/mol. The van der Waals surface area contributed by atoms with Crippen molar-refractivity contribution in [2.24, 2.45) is 5.92 Å². The predicted octanol–water partition coefficient (Wildman–Crippen LogP) is 5.15. The summed E-state index contributed by atoms with van der Waals surface area (Å²) in [5.74, 6) is 0.519. The Morgan fingerprint density at radius 2 is 1.65 bits per heavy atom. The fraction of sp³-hybridized carbons (Fsp3) is 0.391. The van der Waals surface area contributed by atoms with E-state index in [1.165, 1.54) is 23.3 Å². The second-order valence-electron chi connectivity index (χ2n) is 6.56. The largest absolute Gasteiger partial charge is 0.400 e. The van der Waals surface area contributed by atoms with E-state index in [0.717, 1.165) is 31.9 Å². The zero-order valence-corrected chi connectivity index (χ0v) is 15.9. The fourth-order valence-electron chi connectivity index (χ4n) is 3.38. The third-order valence-electron chi connectivity index (χ3n) is 4.39. The summed E-state index contributed by atoms with van der Waals surface area (Å²) < 4.78 is 19.1. The van der Waals surface area contributed by atoms with Crippen molar-refractivity contribution in [1.29, 1.82) is 0 Å². The Morgan fingerprint density at radius 1 is 1.00 bits per heavy atom. The van der Waals surface area contributed by atoms with Crippen LogP contribution in [0.2, 0.25) is 0 Å². The highest BCUT2D eigenvalue weighted by atomic mass is 19.1. The van der Waals surface area contributed by atoms with Crippen LogP contribution < -0.4 is 0 Å². The molecule has 0 unspecified atom stereocenters. The third-order valence-corrected chi connectivity index (χ3v) is 4.39. The smallest absolute Gasteiger partial charge is 0.123 e. The van der Waals surface area contributed by atoms with Crippen LogP contribution in [0.25, 0.3) is 0 Å². The quantitative estimate of drug-likeness (QED) is 0.771. The monoisotopic (exact) mass is 356 g/mol. The van der Waals surface area contributed by atoms with Crippen molar-refractivity contribution in [3.63, 3.8) is 0 Å². The van der Waals surface area contributed by atoms with Crippen LogP contribution in [0.4, 0.5) is 4.39 Å². The molecule has 0 spiro atoms. The van der Waals surface area contributed by atoms with Crippen molar-refractivity contribution >= 4 is 0 Å². The van der Waals surface area contributed by atoms with Crippen LogP contribution in [0.15, 0.2) is 48.5 Å². The van der Waals surface area contributed by atoms with Crippen LogP contribution in [0.5, 0.6) is 0 Å². The fourth-order valence-corrected chi connectivity index (χ4v) is 3.38. The molecule has 26 heavy (non-hydrogen) atoms. The molecule has 2 aromatic rings. The van der Waals surface area contributed by atoms with Crippen LogP contribution in [0.3, 0.4) is 0 Å². The summed E-state index contributed by atoms with van der Waals surface area (Å²) in [5.41, 5.74) is 3.64. The molecular formula is C23H29FO2.